The number of anilines is 2. The van der Waals surface area contributed by atoms with Crippen LogP contribution in [0.5, 0.6) is 0 Å². The topological polar surface area (TPSA) is 50.7 Å². The second-order valence-corrected chi connectivity index (χ2v) is 4.70. The highest BCUT2D eigenvalue weighted by atomic mass is 79.9. The largest absolute Gasteiger partial charge is 0.333 e. The standard InChI is InChI=1S/C9H3BrCl2F2N4/c10-3-1-4(13)6(5(14)2-3)15-8-7(11)17-18-9(12)16-8/h1-2H,(H,15,16,18). The lowest BCUT2D eigenvalue weighted by molar-refractivity contribution is 0.589. The van der Waals surface area contributed by atoms with Crippen LogP contribution >= 0.6 is 39.1 Å². The fraction of sp³-hybridized carbons (Fsp3) is 0. The van der Waals surface area contributed by atoms with Gasteiger partial charge in [-0.1, -0.05) is 27.5 Å². The quantitative estimate of drug-likeness (QED) is 0.885. The molecule has 2 rings (SSSR count). The Hall–Kier alpha value is -1.05. The van der Waals surface area contributed by atoms with Gasteiger partial charge in [0.25, 0.3) is 0 Å². The third-order valence-corrected chi connectivity index (χ3v) is 2.74. The monoisotopic (exact) mass is 354 g/mol. The van der Waals surface area contributed by atoms with Gasteiger partial charge in [0.1, 0.15) is 5.69 Å². The molecule has 0 bridgehead atoms. The molecule has 1 heterocycles. The zero-order valence-electron chi connectivity index (χ0n) is 8.39. The number of halogens is 5. The van der Waals surface area contributed by atoms with Gasteiger partial charge in [-0.15, -0.1) is 10.2 Å². The van der Waals surface area contributed by atoms with E-state index in [0.717, 1.165) is 12.1 Å². The molecule has 0 aliphatic carbocycles. The summed E-state index contributed by atoms with van der Waals surface area (Å²) < 4.78 is 27.4. The highest BCUT2D eigenvalue weighted by Gasteiger charge is 2.14. The number of benzene rings is 1. The van der Waals surface area contributed by atoms with Gasteiger partial charge in [0.05, 0.1) is 0 Å². The molecule has 0 amide bonds. The Labute approximate surface area is 118 Å². The predicted molar refractivity (Wildman–Crippen MR) is 67.2 cm³/mol. The summed E-state index contributed by atoms with van der Waals surface area (Å²) in [5.74, 6) is -1.71. The fourth-order valence-corrected chi connectivity index (χ4v) is 1.80. The van der Waals surface area contributed by atoms with Crippen LogP contribution in [0.1, 0.15) is 0 Å². The van der Waals surface area contributed by atoms with Gasteiger partial charge in [0, 0.05) is 4.47 Å². The van der Waals surface area contributed by atoms with Crippen molar-refractivity contribution >= 4 is 50.6 Å². The van der Waals surface area contributed by atoms with E-state index in [0.29, 0.717) is 0 Å². The molecule has 0 saturated carbocycles. The van der Waals surface area contributed by atoms with Gasteiger partial charge in [-0.2, -0.15) is 4.98 Å². The van der Waals surface area contributed by atoms with E-state index in [1.54, 1.807) is 0 Å². The molecule has 0 aliphatic rings. The molecule has 94 valence electrons. The molecule has 0 atom stereocenters. The van der Waals surface area contributed by atoms with E-state index in [-0.39, 0.29) is 20.7 Å². The van der Waals surface area contributed by atoms with Gasteiger partial charge >= 0.3 is 0 Å². The van der Waals surface area contributed by atoms with Crippen molar-refractivity contribution in [2.45, 2.75) is 0 Å². The summed E-state index contributed by atoms with van der Waals surface area (Å²) in [6.07, 6.45) is 0. The average Bonchev–Trinajstić information content (AvgIpc) is 2.28. The number of rotatable bonds is 2. The van der Waals surface area contributed by atoms with Crippen molar-refractivity contribution in [3.63, 3.8) is 0 Å². The average molecular weight is 356 g/mol. The number of hydrogen-bond acceptors (Lipinski definition) is 4. The first kappa shape index (κ1) is 13.4. The Morgan fingerprint density at radius 1 is 1.11 bits per heavy atom. The molecule has 0 fully saturated rings. The summed E-state index contributed by atoms with van der Waals surface area (Å²) in [5, 5.41) is 8.86. The molecule has 2 aromatic rings. The second-order valence-electron chi connectivity index (χ2n) is 3.09. The lowest BCUT2D eigenvalue weighted by atomic mass is 10.3. The molecule has 1 aromatic carbocycles. The highest BCUT2D eigenvalue weighted by Crippen LogP contribution is 2.28. The SMILES string of the molecule is Fc1cc(Br)cc(F)c1Nc1nc(Cl)nnc1Cl. The molecule has 0 spiro atoms. The number of nitrogens with zero attached hydrogens (tertiary/aromatic N) is 3. The molecule has 0 radical (unpaired) electrons. The van der Waals surface area contributed by atoms with Crippen LogP contribution in [0.4, 0.5) is 20.3 Å². The molecule has 1 N–H and O–H groups in total. The van der Waals surface area contributed by atoms with Gasteiger partial charge in [-0.25, -0.2) is 8.78 Å². The maximum atomic E-state index is 13.6. The van der Waals surface area contributed by atoms with Crippen molar-refractivity contribution < 1.29 is 8.78 Å². The molecule has 1 aromatic heterocycles. The molecular weight excluding hydrogens is 353 g/mol. The normalized spacial score (nSPS) is 10.5. The number of nitrogens with one attached hydrogen (secondary N) is 1. The van der Waals surface area contributed by atoms with Crippen molar-refractivity contribution in [2.24, 2.45) is 0 Å². The van der Waals surface area contributed by atoms with E-state index in [1.165, 1.54) is 0 Å². The van der Waals surface area contributed by atoms with E-state index in [4.69, 9.17) is 23.2 Å². The van der Waals surface area contributed by atoms with Gasteiger partial charge in [-0.3, -0.25) is 0 Å². The Kier molecular flexibility index (Phi) is 3.94. The summed E-state index contributed by atoms with van der Waals surface area (Å²) in [4.78, 5) is 3.68. The van der Waals surface area contributed by atoms with E-state index in [2.05, 4.69) is 36.4 Å². The number of aromatic nitrogens is 3. The lowest BCUT2D eigenvalue weighted by Crippen LogP contribution is -2.02. The molecule has 18 heavy (non-hydrogen) atoms. The zero-order valence-corrected chi connectivity index (χ0v) is 11.5. The van der Waals surface area contributed by atoms with Crippen LogP contribution in [-0.4, -0.2) is 15.2 Å². The molecule has 0 unspecified atom stereocenters. The molecular formula is C9H3BrCl2F2N4. The first-order chi connectivity index (χ1) is 8.47. The third-order valence-electron chi connectivity index (χ3n) is 1.87. The van der Waals surface area contributed by atoms with Crippen LogP contribution in [0.2, 0.25) is 10.4 Å². The summed E-state index contributed by atoms with van der Waals surface area (Å²) >= 11 is 14.1. The Balaban J connectivity index is 2.43. The van der Waals surface area contributed by atoms with Gasteiger partial charge in [-0.05, 0) is 23.7 Å². The summed E-state index contributed by atoms with van der Waals surface area (Å²) in [7, 11) is 0. The minimum atomic E-state index is -0.812. The minimum Gasteiger partial charge on any atom is -0.333 e. The number of hydrogen-bond donors (Lipinski definition) is 1. The van der Waals surface area contributed by atoms with Crippen molar-refractivity contribution in [1.82, 2.24) is 15.2 Å². The third kappa shape index (κ3) is 2.85. The van der Waals surface area contributed by atoms with Crippen molar-refractivity contribution in [2.75, 3.05) is 5.32 Å². The molecule has 9 heteroatoms. The predicted octanol–water partition coefficient (Wildman–Crippen LogP) is 3.96. The van der Waals surface area contributed by atoms with Gasteiger partial charge < -0.3 is 5.32 Å². The summed E-state index contributed by atoms with van der Waals surface area (Å²) in [5.41, 5.74) is -0.406. The Morgan fingerprint density at radius 3 is 2.33 bits per heavy atom. The first-order valence-corrected chi connectivity index (χ1v) is 5.99. The van der Waals surface area contributed by atoms with Crippen LogP contribution in [0, 0.1) is 11.6 Å². The molecule has 0 aliphatic heterocycles. The lowest BCUT2D eigenvalue weighted by Gasteiger charge is -2.09. The Morgan fingerprint density at radius 2 is 1.72 bits per heavy atom. The van der Waals surface area contributed by atoms with Gasteiger partial charge in [0.15, 0.2) is 22.6 Å². The Bertz CT molecular complexity index is 588. The van der Waals surface area contributed by atoms with Gasteiger partial charge in [0.2, 0.25) is 5.28 Å². The summed E-state index contributed by atoms with van der Waals surface area (Å²) in [6, 6.07) is 2.19. The smallest absolute Gasteiger partial charge is 0.245 e. The maximum Gasteiger partial charge on any atom is 0.245 e. The first-order valence-electron chi connectivity index (χ1n) is 4.44. The van der Waals surface area contributed by atoms with Crippen LogP contribution in [-0.2, 0) is 0 Å². The molecule has 4 nitrogen and oxygen atoms in total. The zero-order chi connectivity index (χ0) is 13.3. The van der Waals surface area contributed by atoms with Crippen molar-refractivity contribution in [3.8, 4) is 0 Å². The minimum absolute atomic E-state index is 0.0863. The van der Waals surface area contributed by atoms with E-state index < -0.39 is 17.3 Å². The van der Waals surface area contributed by atoms with Crippen LogP contribution in [0.3, 0.4) is 0 Å². The van der Waals surface area contributed by atoms with E-state index in [9.17, 15) is 8.78 Å². The fourth-order valence-electron chi connectivity index (χ4n) is 1.15. The van der Waals surface area contributed by atoms with Crippen molar-refractivity contribution in [1.29, 1.82) is 0 Å². The maximum absolute atomic E-state index is 13.6. The van der Waals surface area contributed by atoms with Crippen LogP contribution in [0.25, 0.3) is 0 Å². The highest BCUT2D eigenvalue weighted by molar-refractivity contribution is 9.10. The summed E-state index contributed by atoms with van der Waals surface area (Å²) in [6.45, 7) is 0. The van der Waals surface area contributed by atoms with Crippen molar-refractivity contribution in [3.05, 3.63) is 38.7 Å². The second kappa shape index (κ2) is 5.29. The van der Waals surface area contributed by atoms with E-state index >= 15 is 0 Å². The van der Waals surface area contributed by atoms with E-state index in [1.807, 2.05) is 0 Å². The van der Waals surface area contributed by atoms with Crippen LogP contribution in [0.15, 0.2) is 16.6 Å². The van der Waals surface area contributed by atoms with Crippen LogP contribution < -0.4 is 5.32 Å². The molecule has 0 saturated heterocycles.